The number of hydrogen-bond donors (Lipinski definition) is 1. The largest absolute Gasteiger partial charge is 0.493 e. The summed E-state index contributed by atoms with van der Waals surface area (Å²) in [5, 5.41) is 9.88. The lowest BCUT2D eigenvalue weighted by Gasteiger charge is -2.48. The van der Waals surface area contributed by atoms with E-state index in [1.54, 1.807) is 12.0 Å². The molecule has 2 aromatic rings. The van der Waals surface area contributed by atoms with Gasteiger partial charge < -0.3 is 19.5 Å². The molecule has 216 valence electrons. The normalized spacial score (nSPS) is 20.1. The van der Waals surface area contributed by atoms with Gasteiger partial charge in [-0.15, -0.1) is 0 Å². The summed E-state index contributed by atoms with van der Waals surface area (Å²) in [6.45, 7) is 10.3. The molecule has 1 aliphatic heterocycles. The Labute approximate surface area is 241 Å². The number of allylic oxidation sites excluding steroid dienone is 4. The molecule has 0 saturated heterocycles. The molecule has 7 heteroatoms. The van der Waals surface area contributed by atoms with Gasteiger partial charge in [0.05, 0.1) is 7.11 Å². The Morgan fingerprint density at radius 3 is 1.95 bits per heavy atom. The van der Waals surface area contributed by atoms with Gasteiger partial charge in [0.1, 0.15) is 13.2 Å². The molecule has 0 aromatic heterocycles. The summed E-state index contributed by atoms with van der Waals surface area (Å²) >= 11 is 0. The van der Waals surface area contributed by atoms with Crippen molar-refractivity contribution in [1.29, 1.82) is 0 Å². The molecule has 41 heavy (non-hydrogen) atoms. The van der Waals surface area contributed by atoms with Gasteiger partial charge in [-0.3, -0.25) is 14.4 Å². The molecule has 0 radical (unpaired) electrons. The number of aryl methyl sites for hydroxylation is 1. The highest BCUT2D eigenvalue weighted by atomic mass is 16.5. The third kappa shape index (κ3) is 5.67. The van der Waals surface area contributed by atoms with Crippen molar-refractivity contribution in [2.24, 2.45) is 10.8 Å². The molecule has 0 amide bonds. The van der Waals surface area contributed by atoms with Gasteiger partial charge in [0.15, 0.2) is 23.1 Å². The van der Waals surface area contributed by atoms with Gasteiger partial charge in [-0.05, 0) is 53.9 Å². The van der Waals surface area contributed by atoms with Crippen LogP contribution in [0, 0.1) is 17.8 Å². The van der Waals surface area contributed by atoms with E-state index < -0.39 is 11.9 Å². The molecular weight excluding hydrogens is 518 g/mol. The van der Waals surface area contributed by atoms with Crippen molar-refractivity contribution >= 4 is 17.5 Å². The van der Waals surface area contributed by atoms with Crippen LogP contribution in [-0.2, 0) is 21.0 Å². The van der Waals surface area contributed by atoms with E-state index in [-0.39, 0.29) is 28.9 Å². The molecule has 1 N–H and O–H groups in total. The number of methoxy groups -OCH3 is 1. The summed E-state index contributed by atoms with van der Waals surface area (Å²) in [6, 6.07) is 13.7. The Kier molecular flexibility index (Phi) is 7.35. The van der Waals surface area contributed by atoms with Crippen molar-refractivity contribution in [2.75, 3.05) is 13.7 Å². The molecule has 0 spiro atoms. The van der Waals surface area contributed by atoms with E-state index in [4.69, 9.17) is 9.47 Å². The monoisotopic (exact) mass is 557 g/mol. The predicted molar refractivity (Wildman–Crippen MR) is 156 cm³/mol. The van der Waals surface area contributed by atoms with E-state index in [2.05, 4.69) is 0 Å². The van der Waals surface area contributed by atoms with Crippen molar-refractivity contribution in [1.82, 2.24) is 4.90 Å². The van der Waals surface area contributed by atoms with Crippen molar-refractivity contribution in [3.63, 3.8) is 0 Å². The Hall–Kier alpha value is -3.87. The second kappa shape index (κ2) is 10.5. The average Bonchev–Trinajstić information content (AvgIpc) is 2.87. The first-order chi connectivity index (χ1) is 19.3. The number of rotatable bonds is 7. The standard InChI is InChI=1S/C34H39NO6/c1-20-7-9-21(10-8-20)19-41-27-12-11-22(13-28(27)40-6)30-31-23(14-33(2,3)16-25(31)36)35(18-29(38)39)24-15-34(4,5)17-26(37)32(24)30/h7-13,30H,14-19H2,1-6H3,(H,38,39). The third-order valence-electron chi connectivity index (χ3n) is 8.35. The summed E-state index contributed by atoms with van der Waals surface area (Å²) < 4.78 is 11.8. The highest BCUT2D eigenvalue weighted by Crippen LogP contribution is 2.54. The molecule has 0 unspecified atom stereocenters. The molecule has 7 nitrogen and oxygen atoms in total. The van der Waals surface area contributed by atoms with Crippen molar-refractivity contribution < 1.29 is 29.0 Å². The van der Waals surface area contributed by atoms with Gasteiger partial charge in [-0.1, -0.05) is 63.6 Å². The molecule has 5 rings (SSSR count). The van der Waals surface area contributed by atoms with Crippen LogP contribution >= 0.6 is 0 Å². The second-order valence-electron chi connectivity index (χ2n) is 13.2. The highest BCUT2D eigenvalue weighted by Gasteiger charge is 2.49. The Morgan fingerprint density at radius 2 is 1.44 bits per heavy atom. The molecule has 2 aliphatic carbocycles. The molecule has 3 aliphatic rings. The minimum Gasteiger partial charge on any atom is -0.493 e. The highest BCUT2D eigenvalue weighted by molar-refractivity contribution is 6.07. The van der Waals surface area contributed by atoms with Gasteiger partial charge in [-0.2, -0.15) is 0 Å². The van der Waals surface area contributed by atoms with Crippen LogP contribution in [0.1, 0.15) is 76.0 Å². The van der Waals surface area contributed by atoms with Crippen molar-refractivity contribution in [2.45, 2.75) is 72.8 Å². The minimum absolute atomic E-state index is 0.0421. The van der Waals surface area contributed by atoms with Gasteiger partial charge in [-0.25, -0.2) is 0 Å². The number of nitrogens with zero attached hydrogens (tertiary/aromatic N) is 1. The van der Waals surface area contributed by atoms with Crippen LogP contribution in [0.15, 0.2) is 65.0 Å². The van der Waals surface area contributed by atoms with Crippen LogP contribution in [0.25, 0.3) is 0 Å². The zero-order valence-corrected chi connectivity index (χ0v) is 24.8. The van der Waals surface area contributed by atoms with Crippen molar-refractivity contribution in [3.05, 3.63) is 81.7 Å². The fraction of sp³-hybridized carbons (Fsp3) is 0.441. The van der Waals surface area contributed by atoms with E-state index in [0.717, 1.165) is 22.5 Å². The summed E-state index contributed by atoms with van der Waals surface area (Å²) in [5.41, 5.74) is 4.84. The topological polar surface area (TPSA) is 93.1 Å². The maximum Gasteiger partial charge on any atom is 0.323 e. The van der Waals surface area contributed by atoms with E-state index in [9.17, 15) is 19.5 Å². The number of carboxylic acids is 1. The van der Waals surface area contributed by atoms with Crippen LogP contribution in [0.5, 0.6) is 11.5 Å². The van der Waals surface area contributed by atoms with Crippen LogP contribution in [0.2, 0.25) is 0 Å². The van der Waals surface area contributed by atoms with E-state index in [1.165, 1.54) is 5.56 Å². The first kappa shape index (κ1) is 28.7. The van der Waals surface area contributed by atoms with Crippen LogP contribution < -0.4 is 9.47 Å². The fourth-order valence-electron chi connectivity index (χ4n) is 6.54. The van der Waals surface area contributed by atoms with E-state index >= 15 is 0 Å². The first-order valence-electron chi connectivity index (χ1n) is 14.2. The number of carbonyl (C=O) groups is 3. The van der Waals surface area contributed by atoms with Gasteiger partial charge in [0.2, 0.25) is 0 Å². The lowest BCUT2D eigenvalue weighted by atomic mass is 9.63. The Bertz CT molecular complexity index is 1420. The van der Waals surface area contributed by atoms with Gasteiger partial charge in [0, 0.05) is 41.3 Å². The second-order valence-corrected chi connectivity index (χ2v) is 13.2. The molecule has 1 heterocycles. The average molecular weight is 558 g/mol. The lowest BCUT2D eigenvalue weighted by molar-refractivity contribution is -0.138. The van der Waals surface area contributed by atoms with Crippen LogP contribution in [-0.4, -0.2) is 41.2 Å². The minimum atomic E-state index is -0.995. The molecule has 0 bridgehead atoms. The first-order valence-corrected chi connectivity index (χ1v) is 14.2. The van der Waals surface area contributed by atoms with E-state index in [1.807, 2.05) is 77.1 Å². The zero-order chi connectivity index (χ0) is 29.7. The number of aliphatic carboxylic acids is 1. The molecule has 0 saturated carbocycles. The Morgan fingerprint density at radius 1 is 0.878 bits per heavy atom. The lowest BCUT2D eigenvalue weighted by Crippen LogP contribution is -2.45. The molecule has 0 atom stereocenters. The number of ether oxygens (including phenoxy) is 2. The number of benzene rings is 2. The molecular formula is C34H39NO6. The zero-order valence-electron chi connectivity index (χ0n) is 24.8. The third-order valence-corrected chi connectivity index (χ3v) is 8.35. The number of carboxylic acid groups (broad SMARTS) is 1. The van der Waals surface area contributed by atoms with E-state index in [0.29, 0.717) is 54.9 Å². The van der Waals surface area contributed by atoms with Crippen LogP contribution in [0.3, 0.4) is 0 Å². The van der Waals surface area contributed by atoms with Gasteiger partial charge in [0.25, 0.3) is 0 Å². The predicted octanol–water partition coefficient (Wildman–Crippen LogP) is 6.35. The maximum absolute atomic E-state index is 13.9. The maximum atomic E-state index is 13.9. The molecule has 0 fully saturated rings. The smallest absolute Gasteiger partial charge is 0.323 e. The Balaban J connectivity index is 1.62. The summed E-state index contributed by atoms with van der Waals surface area (Å²) in [7, 11) is 1.57. The van der Waals surface area contributed by atoms with Crippen molar-refractivity contribution in [3.8, 4) is 11.5 Å². The molecule has 2 aromatic carbocycles. The fourth-order valence-corrected chi connectivity index (χ4v) is 6.54. The number of hydrogen-bond acceptors (Lipinski definition) is 6. The summed E-state index contributed by atoms with van der Waals surface area (Å²) in [6.07, 6.45) is 1.77. The SMILES string of the molecule is COc1cc(C2C3=C(CC(C)(C)CC3=O)N(CC(=O)O)C3=C2C(=O)CC(C)(C)C3)ccc1OCc1ccc(C)cc1. The van der Waals surface area contributed by atoms with Crippen LogP contribution in [0.4, 0.5) is 0 Å². The quantitative estimate of drug-likeness (QED) is 0.424. The van der Waals surface area contributed by atoms with Gasteiger partial charge >= 0.3 is 5.97 Å². The summed E-state index contributed by atoms with van der Waals surface area (Å²) in [5.74, 6) is -0.586. The summed E-state index contributed by atoms with van der Waals surface area (Å²) in [4.78, 5) is 41.5. The number of ketones is 2. The number of Topliss-reactive ketones (excluding diaryl/α,β-unsaturated/α-hetero) is 2. The number of carbonyl (C=O) groups excluding carboxylic acids is 2.